The van der Waals surface area contributed by atoms with Crippen LogP contribution in [0, 0.1) is 6.92 Å². The third-order valence-electron chi connectivity index (χ3n) is 5.72. The highest BCUT2D eigenvalue weighted by molar-refractivity contribution is 7.88. The summed E-state index contributed by atoms with van der Waals surface area (Å²) in [5.74, 6) is 1.60. The lowest BCUT2D eigenvalue weighted by molar-refractivity contribution is 0.122. The summed E-state index contributed by atoms with van der Waals surface area (Å²) in [4.78, 5) is 21.3. The number of sulfonamides is 1. The highest BCUT2D eigenvalue weighted by Crippen LogP contribution is 2.42. The molecule has 4 heterocycles. The Labute approximate surface area is 207 Å². The number of aryl methyl sites for hydroxylation is 1. The standard InChI is InChI=1S/C23H25N7O3S2/c1-14-18-20(34-19(14)16-5-3-4-15(10-16)11-27-35(2,31)32)22(30-6-8-33-9-7-30)29-21(28-18)17-12-25-23(24)26-13-17/h3-5,10,12-13,27H,6-9,11H2,1-2H3,(H2,24,25,26). The van der Waals surface area contributed by atoms with Gasteiger partial charge in [-0.25, -0.2) is 33.1 Å². The molecule has 4 aromatic rings. The molecule has 1 aliphatic heterocycles. The molecule has 12 heteroatoms. The van der Waals surface area contributed by atoms with Crippen molar-refractivity contribution in [2.24, 2.45) is 0 Å². The number of nitrogens with zero attached hydrogens (tertiary/aromatic N) is 5. The molecule has 5 rings (SSSR count). The molecular formula is C23H25N7O3S2. The van der Waals surface area contributed by atoms with Gasteiger partial charge in [0.2, 0.25) is 16.0 Å². The maximum absolute atomic E-state index is 11.5. The second kappa shape index (κ2) is 9.46. The van der Waals surface area contributed by atoms with E-state index in [0.717, 1.165) is 56.9 Å². The number of thiophene rings is 1. The van der Waals surface area contributed by atoms with Gasteiger partial charge < -0.3 is 15.4 Å². The zero-order valence-corrected chi connectivity index (χ0v) is 21.0. The van der Waals surface area contributed by atoms with Gasteiger partial charge in [0.15, 0.2) is 11.6 Å². The van der Waals surface area contributed by atoms with Crippen LogP contribution in [-0.2, 0) is 21.3 Å². The second-order valence-corrected chi connectivity index (χ2v) is 11.2. The van der Waals surface area contributed by atoms with E-state index in [1.807, 2.05) is 24.3 Å². The Balaban J connectivity index is 1.63. The van der Waals surface area contributed by atoms with Crippen molar-refractivity contribution < 1.29 is 13.2 Å². The Morgan fingerprint density at radius 1 is 1.14 bits per heavy atom. The lowest BCUT2D eigenvalue weighted by Crippen LogP contribution is -2.36. The Hall–Kier alpha value is -3.19. The lowest BCUT2D eigenvalue weighted by atomic mass is 10.1. The van der Waals surface area contributed by atoms with Crippen LogP contribution in [0.3, 0.4) is 0 Å². The number of ether oxygens (including phenoxy) is 1. The van der Waals surface area contributed by atoms with E-state index < -0.39 is 10.0 Å². The maximum Gasteiger partial charge on any atom is 0.219 e. The van der Waals surface area contributed by atoms with Gasteiger partial charge in [-0.1, -0.05) is 18.2 Å². The molecule has 10 nitrogen and oxygen atoms in total. The first-order valence-electron chi connectivity index (χ1n) is 11.0. The number of benzene rings is 1. The Morgan fingerprint density at radius 2 is 1.89 bits per heavy atom. The smallest absolute Gasteiger partial charge is 0.219 e. The largest absolute Gasteiger partial charge is 0.378 e. The molecular weight excluding hydrogens is 486 g/mol. The van der Waals surface area contributed by atoms with Crippen LogP contribution in [0.25, 0.3) is 32.0 Å². The van der Waals surface area contributed by atoms with E-state index in [1.165, 1.54) is 0 Å². The van der Waals surface area contributed by atoms with Gasteiger partial charge in [-0.2, -0.15) is 0 Å². The topological polar surface area (TPSA) is 136 Å². The first kappa shape index (κ1) is 23.5. The third kappa shape index (κ3) is 5.10. The van der Waals surface area contributed by atoms with Crippen molar-refractivity contribution >= 4 is 43.3 Å². The van der Waals surface area contributed by atoms with Crippen LogP contribution in [0.5, 0.6) is 0 Å². The summed E-state index contributed by atoms with van der Waals surface area (Å²) in [5, 5.41) is 0. The predicted octanol–water partition coefficient (Wildman–Crippen LogP) is 2.59. The molecule has 182 valence electrons. The summed E-state index contributed by atoms with van der Waals surface area (Å²) in [6.45, 7) is 5.04. The van der Waals surface area contributed by atoms with Crippen molar-refractivity contribution in [3.05, 3.63) is 47.8 Å². The molecule has 3 aromatic heterocycles. The number of nitrogens with one attached hydrogen (secondary N) is 1. The molecule has 0 bridgehead atoms. The van der Waals surface area contributed by atoms with Gasteiger partial charge in [0, 0.05) is 36.9 Å². The molecule has 1 fully saturated rings. The summed E-state index contributed by atoms with van der Waals surface area (Å²) >= 11 is 1.64. The summed E-state index contributed by atoms with van der Waals surface area (Å²) in [6.07, 6.45) is 4.42. The summed E-state index contributed by atoms with van der Waals surface area (Å²) in [6, 6.07) is 7.87. The van der Waals surface area contributed by atoms with E-state index in [2.05, 4.69) is 26.5 Å². The van der Waals surface area contributed by atoms with E-state index >= 15 is 0 Å². The second-order valence-electron chi connectivity index (χ2n) is 8.33. The van der Waals surface area contributed by atoms with E-state index in [9.17, 15) is 8.42 Å². The number of hydrogen-bond donors (Lipinski definition) is 2. The van der Waals surface area contributed by atoms with Gasteiger partial charge >= 0.3 is 0 Å². The molecule has 0 aliphatic carbocycles. The van der Waals surface area contributed by atoms with Crippen LogP contribution >= 0.6 is 11.3 Å². The molecule has 0 unspecified atom stereocenters. The minimum Gasteiger partial charge on any atom is -0.378 e. The van der Waals surface area contributed by atoms with Gasteiger partial charge in [-0.3, -0.25) is 0 Å². The summed E-state index contributed by atoms with van der Waals surface area (Å²) in [7, 11) is -3.28. The quantitative estimate of drug-likeness (QED) is 0.400. The Morgan fingerprint density at radius 3 is 2.60 bits per heavy atom. The van der Waals surface area contributed by atoms with Gasteiger partial charge in [0.05, 0.1) is 35.2 Å². The monoisotopic (exact) mass is 511 g/mol. The zero-order chi connectivity index (χ0) is 24.6. The van der Waals surface area contributed by atoms with Crippen LogP contribution in [0.2, 0.25) is 0 Å². The van der Waals surface area contributed by atoms with Crippen LogP contribution in [-0.4, -0.2) is 60.9 Å². The molecule has 3 N–H and O–H groups in total. The normalized spacial score (nSPS) is 14.5. The molecule has 0 atom stereocenters. The number of fused-ring (bicyclic) bond motifs is 1. The highest BCUT2D eigenvalue weighted by Gasteiger charge is 2.23. The van der Waals surface area contributed by atoms with Crippen molar-refractivity contribution in [3.8, 4) is 21.8 Å². The summed E-state index contributed by atoms with van der Waals surface area (Å²) < 4.78 is 32.2. The van der Waals surface area contributed by atoms with Crippen molar-refractivity contribution in [1.82, 2.24) is 24.7 Å². The van der Waals surface area contributed by atoms with Crippen molar-refractivity contribution in [2.75, 3.05) is 43.2 Å². The van der Waals surface area contributed by atoms with Crippen molar-refractivity contribution in [2.45, 2.75) is 13.5 Å². The minimum atomic E-state index is -3.28. The van der Waals surface area contributed by atoms with E-state index in [-0.39, 0.29) is 12.5 Å². The van der Waals surface area contributed by atoms with Crippen LogP contribution in [0.1, 0.15) is 11.1 Å². The SMILES string of the molecule is Cc1c(-c2cccc(CNS(C)(=O)=O)c2)sc2c(N3CCOCC3)nc(-c3cnc(N)nc3)nc12. The third-order valence-corrected chi connectivity index (χ3v) is 7.71. The van der Waals surface area contributed by atoms with Crippen LogP contribution < -0.4 is 15.4 Å². The fourth-order valence-corrected chi connectivity index (χ4v) is 5.65. The fraction of sp³-hybridized carbons (Fsp3) is 0.304. The first-order valence-corrected chi connectivity index (χ1v) is 13.7. The molecule has 1 saturated heterocycles. The molecule has 0 amide bonds. The maximum atomic E-state index is 11.5. The first-order chi connectivity index (χ1) is 16.8. The number of aromatic nitrogens is 4. The fourth-order valence-electron chi connectivity index (χ4n) is 3.96. The molecule has 0 saturated carbocycles. The van der Waals surface area contributed by atoms with E-state index in [1.54, 1.807) is 23.7 Å². The average molecular weight is 512 g/mol. The van der Waals surface area contributed by atoms with Crippen LogP contribution in [0.15, 0.2) is 36.7 Å². The number of nitrogens with two attached hydrogens (primary N) is 1. The predicted molar refractivity (Wildman–Crippen MR) is 138 cm³/mol. The van der Waals surface area contributed by atoms with E-state index in [4.69, 9.17) is 20.4 Å². The lowest BCUT2D eigenvalue weighted by Gasteiger charge is -2.28. The highest BCUT2D eigenvalue weighted by atomic mass is 32.2. The number of hydrogen-bond acceptors (Lipinski definition) is 10. The summed E-state index contributed by atoms with van der Waals surface area (Å²) in [5.41, 5.74) is 10.1. The van der Waals surface area contributed by atoms with Gasteiger partial charge in [-0.15, -0.1) is 11.3 Å². The molecule has 35 heavy (non-hydrogen) atoms. The van der Waals surface area contributed by atoms with Crippen LogP contribution in [0.4, 0.5) is 11.8 Å². The Bertz CT molecular complexity index is 1480. The molecule has 1 aliphatic rings. The molecule has 0 spiro atoms. The Kier molecular flexibility index (Phi) is 6.36. The van der Waals surface area contributed by atoms with Crippen molar-refractivity contribution in [1.29, 1.82) is 0 Å². The van der Waals surface area contributed by atoms with Gasteiger partial charge in [-0.05, 0) is 29.7 Å². The minimum absolute atomic E-state index is 0.197. The molecule has 1 aromatic carbocycles. The number of anilines is 2. The van der Waals surface area contributed by atoms with Gasteiger partial charge in [0.1, 0.15) is 0 Å². The number of morpholine rings is 1. The average Bonchev–Trinajstić information content (AvgIpc) is 3.19. The van der Waals surface area contributed by atoms with Gasteiger partial charge in [0.25, 0.3) is 0 Å². The number of rotatable bonds is 6. The zero-order valence-electron chi connectivity index (χ0n) is 19.4. The number of nitrogen functional groups attached to an aromatic ring is 1. The van der Waals surface area contributed by atoms with E-state index in [0.29, 0.717) is 24.6 Å². The van der Waals surface area contributed by atoms with Crippen molar-refractivity contribution in [3.63, 3.8) is 0 Å². The molecule has 0 radical (unpaired) electrons.